The number of nitrogens with two attached hydrogens (primary N) is 1. The van der Waals surface area contributed by atoms with Crippen LogP contribution < -0.4 is 11.1 Å². The number of likely N-dealkylation sites (N-methyl/N-ethyl adjacent to an activating group) is 1. The van der Waals surface area contributed by atoms with Crippen LogP contribution in [0.4, 0.5) is 11.8 Å². The maximum absolute atomic E-state index is 13.3. The van der Waals surface area contributed by atoms with Gasteiger partial charge in [-0.25, -0.2) is 9.97 Å². The van der Waals surface area contributed by atoms with Crippen LogP contribution >= 0.6 is 11.6 Å². The van der Waals surface area contributed by atoms with E-state index in [0.29, 0.717) is 58.8 Å². The Kier molecular flexibility index (Phi) is 6.33. The molecule has 3 aromatic heterocycles. The fourth-order valence-corrected chi connectivity index (χ4v) is 4.48. The first kappa shape index (κ1) is 23.8. The number of hydrogen-bond donors (Lipinski definition) is 2. The summed E-state index contributed by atoms with van der Waals surface area (Å²) in [5.74, 6) is -0.319. The molecule has 4 aromatic rings. The van der Waals surface area contributed by atoms with Crippen molar-refractivity contribution in [2.24, 2.45) is 0 Å². The van der Waals surface area contributed by atoms with Gasteiger partial charge < -0.3 is 24.5 Å². The topological polar surface area (TPSA) is 135 Å². The van der Waals surface area contributed by atoms with Crippen LogP contribution in [0.3, 0.4) is 0 Å². The number of rotatable bonds is 6. The molecule has 5 rings (SSSR count). The third-order valence-corrected chi connectivity index (χ3v) is 6.29. The highest BCUT2D eigenvalue weighted by Crippen LogP contribution is 2.31. The summed E-state index contributed by atoms with van der Waals surface area (Å²) in [7, 11) is 3.89. The zero-order valence-electron chi connectivity index (χ0n) is 19.8. The minimum absolute atomic E-state index is 0.0377. The van der Waals surface area contributed by atoms with Gasteiger partial charge in [0.2, 0.25) is 5.91 Å². The molecular formula is C24H25ClN8O3. The number of amides is 2. The number of anilines is 2. The number of nitrogens with zero attached hydrogens (tertiary/aromatic N) is 6. The minimum atomic E-state index is -0.463. The molecule has 1 aromatic carbocycles. The normalized spacial score (nSPS) is 16.1. The van der Waals surface area contributed by atoms with Crippen LogP contribution in [0.15, 0.2) is 47.3 Å². The Morgan fingerprint density at radius 2 is 2.17 bits per heavy atom. The van der Waals surface area contributed by atoms with E-state index in [-0.39, 0.29) is 23.8 Å². The van der Waals surface area contributed by atoms with Crippen molar-refractivity contribution in [1.82, 2.24) is 29.3 Å². The van der Waals surface area contributed by atoms with Crippen molar-refractivity contribution >= 4 is 57.4 Å². The first-order valence-corrected chi connectivity index (χ1v) is 11.8. The van der Waals surface area contributed by atoms with Gasteiger partial charge in [0.05, 0.1) is 17.0 Å². The molecule has 0 spiro atoms. The number of nitrogen functional groups attached to an aromatic ring is 1. The average molecular weight is 509 g/mol. The Labute approximate surface area is 211 Å². The average Bonchev–Trinajstić information content (AvgIpc) is 3.55. The molecule has 0 saturated carbocycles. The van der Waals surface area contributed by atoms with E-state index >= 15 is 0 Å². The Balaban J connectivity index is 1.40. The fraction of sp³-hybridized carbons (Fsp3) is 0.292. The predicted molar refractivity (Wildman–Crippen MR) is 137 cm³/mol. The van der Waals surface area contributed by atoms with E-state index in [2.05, 4.69) is 20.3 Å². The Bertz CT molecular complexity index is 1490. The van der Waals surface area contributed by atoms with Crippen LogP contribution in [0, 0.1) is 0 Å². The van der Waals surface area contributed by atoms with Crippen LogP contribution in [0.25, 0.3) is 22.1 Å². The van der Waals surface area contributed by atoms with Gasteiger partial charge in [0.1, 0.15) is 23.3 Å². The fourth-order valence-electron chi connectivity index (χ4n) is 4.32. The second kappa shape index (κ2) is 9.59. The van der Waals surface area contributed by atoms with Gasteiger partial charge >= 0.3 is 6.01 Å². The minimum Gasteiger partial charge on any atom is -0.423 e. The molecule has 1 fully saturated rings. The predicted octanol–water partition coefficient (Wildman–Crippen LogP) is 2.95. The molecule has 11 nitrogen and oxygen atoms in total. The van der Waals surface area contributed by atoms with E-state index in [1.807, 2.05) is 29.6 Å². The second-order valence-electron chi connectivity index (χ2n) is 8.88. The summed E-state index contributed by atoms with van der Waals surface area (Å²) in [6.45, 7) is 1.78. The van der Waals surface area contributed by atoms with Crippen LogP contribution in [0.5, 0.6) is 0 Å². The molecular weight excluding hydrogens is 484 g/mol. The zero-order valence-corrected chi connectivity index (χ0v) is 20.6. The lowest BCUT2D eigenvalue weighted by Crippen LogP contribution is -2.27. The molecule has 3 N–H and O–H groups in total. The number of likely N-dealkylation sites (tertiary alicyclic amines) is 1. The number of fused-ring (bicyclic) bond motifs is 2. The Hall–Kier alpha value is -3.96. The van der Waals surface area contributed by atoms with Crippen molar-refractivity contribution in [3.63, 3.8) is 0 Å². The van der Waals surface area contributed by atoms with E-state index in [0.717, 1.165) is 0 Å². The summed E-state index contributed by atoms with van der Waals surface area (Å²) in [5, 5.41) is 3.64. The molecule has 0 unspecified atom stereocenters. The highest BCUT2D eigenvalue weighted by atomic mass is 35.5. The number of halogens is 1. The maximum Gasteiger partial charge on any atom is 0.302 e. The molecule has 1 atom stereocenters. The van der Waals surface area contributed by atoms with E-state index in [1.54, 1.807) is 35.4 Å². The van der Waals surface area contributed by atoms with E-state index in [4.69, 9.17) is 21.8 Å². The van der Waals surface area contributed by atoms with Gasteiger partial charge in [-0.05, 0) is 38.7 Å². The molecule has 2 amide bonds. The molecule has 4 heterocycles. The largest absolute Gasteiger partial charge is 0.423 e. The highest BCUT2D eigenvalue weighted by Gasteiger charge is 2.30. The molecule has 0 bridgehead atoms. The number of carbonyl (C=O) groups excluding carboxylic acids is 2. The second-order valence-corrected chi connectivity index (χ2v) is 9.32. The monoisotopic (exact) mass is 508 g/mol. The molecule has 0 radical (unpaired) electrons. The Morgan fingerprint density at radius 1 is 1.33 bits per heavy atom. The molecule has 0 aliphatic carbocycles. The first-order valence-electron chi connectivity index (χ1n) is 11.4. The van der Waals surface area contributed by atoms with E-state index < -0.39 is 5.91 Å². The lowest BCUT2D eigenvalue weighted by atomic mass is 10.2. The molecule has 1 aliphatic rings. The molecule has 186 valence electrons. The quantitative estimate of drug-likeness (QED) is 0.379. The van der Waals surface area contributed by atoms with Crippen molar-refractivity contribution in [1.29, 1.82) is 0 Å². The standard InChI is InChI=1S/C24H25ClN8O3/c1-31(2)8-3-4-19(34)32-9-7-15(11-32)33-12-16(20-21(26)27-13-28-22(20)33)23(35)30-24-29-17-10-14(25)5-6-18(17)36-24/h3-6,10,12-13,15H,7-9,11H2,1-2H3,(H2,26,27,28)(H,29,30,35)/b4-3+/t15-/m1/s1. The van der Waals surface area contributed by atoms with Crippen LogP contribution in [0.1, 0.15) is 22.8 Å². The molecule has 1 aliphatic heterocycles. The zero-order chi connectivity index (χ0) is 25.4. The number of nitrogens with one attached hydrogen (secondary N) is 1. The number of benzene rings is 1. The van der Waals surface area contributed by atoms with Crippen molar-refractivity contribution in [2.75, 3.05) is 44.8 Å². The summed E-state index contributed by atoms with van der Waals surface area (Å²) in [6.07, 6.45) is 7.22. The summed E-state index contributed by atoms with van der Waals surface area (Å²) in [6, 6.07) is 4.98. The lowest BCUT2D eigenvalue weighted by molar-refractivity contribution is -0.125. The molecule has 1 saturated heterocycles. The van der Waals surface area contributed by atoms with E-state index in [9.17, 15) is 9.59 Å². The Morgan fingerprint density at radius 3 is 2.97 bits per heavy atom. The van der Waals surface area contributed by atoms with Crippen LogP contribution in [-0.2, 0) is 4.79 Å². The highest BCUT2D eigenvalue weighted by molar-refractivity contribution is 6.31. The lowest BCUT2D eigenvalue weighted by Gasteiger charge is -2.16. The summed E-state index contributed by atoms with van der Waals surface area (Å²) in [4.78, 5) is 42.4. The summed E-state index contributed by atoms with van der Waals surface area (Å²) >= 11 is 6.01. The van der Waals surface area contributed by atoms with Gasteiger partial charge in [0.15, 0.2) is 5.58 Å². The van der Waals surface area contributed by atoms with Crippen molar-refractivity contribution in [3.05, 3.63) is 53.5 Å². The number of hydrogen-bond acceptors (Lipinski definition) is 8. The molecule has 36 heavy (non-hydrogen) atoms. The SMILES string of the molecule is CN(C)C/C=C/C(=O)N1CC[C@@H](n2cc(C(=O)Nc3nc4cc(Cl)ccc4o3)c3c(N)ncnc32)C1. The summed E-state index contributed by atoms with van der Waals surface area (Å²) in [5.41, 5.74) is 8.00. The third kappa shape index (κ3) is 4.62. The van der Waals surface area contributed by atoms with Gasteiger partial charge in [-0.3, -0.25) is 14.9 Å². The van der Waals surface area contributed by atoms with Crippen molar-refractivity contribution in [3.8, 4) is 0 Å². The first-order chi connectivity index (χ1) is 17.3. The van der Waals surface area contributed by atoms with Gasteiger partial charge in [-0.15, -0.1) is 0 Å². The van der Waals surface area contributed by atoms with Crippen LogP contribution in [-0.4, -0.2) is 74.9 Å². The van der Waals surface area contributed by atoms with Gasteiger partial charge in [-0.2, -0.15) is 4.98 Å². The summed E-state index contributed by atoms with van der Waals surface area (Å²) < 4.78 is 7.52. The maximum atomic E-state index is 13.3. The van der Waals surface area contributed by atoms with Gasteiger partial charge in [0.25, 0.3) is 5.91 Å². The molecule has 12 heteroatoms. The van der Waals surface area contributed by atoms with E-state index in [1.165, 1.54) is 6.33 Å². The van der Waals surface area contributed by atoms with Gasteiger partial charge in [-0.1, -0.05) is 17.7 Å². The van der Waals surface area contributed by atoms with Gasteiger partial charge in [0, 0.05) is 36.9 Å². The number of aromatic nitrogens is 4. The van der Waals surface area contributed by atoms with Crippen LogP contribution in [0.2, 0.25) is 5.02 Å². The number of carbonyl (C=O) groups is 2. The smallest absolute Gasteiger partial charge is 0.302 e. The number of oxazole rings is 1. The van der Waals surface area contributed by atoms with Crippen molar-refractivity contribution in [2.45, 2.75) is 12.5 Å². The third-order valence-electron chi connectivity index (χ3n) is 6.05. The van der Waals surface area contributed by atoms with Crippen molar-refractivity contribution < 1.29 is 14.0 Å².